The SMILES string of the molecule is COc1cc(OC)c(/C=C/S(=O)Cc2cnc(OC)c(N(C)C)c2)c(OC)c1. The molecule has 2 aromatic rings. The zero-order valence-electron chi connectivity index (χ0n) is 17.0. The number of rotatable bonds is 9. The molecule has 0 aliphatic heterocycles. The van der Waals surface area contributed by atoms with Gasteiger partial charge in [0, 0.05) is 37.8 Å². The molecule has 152 valence electrons. The molecule has 28 heavy (non-hydrogen) atoms. The van der Waals surface area contributed by atoms with Gasteiger partial charge in [0.05, 0.1) is 56.2 Å². The molecule has 1 atom stereocenters. The molecule has 1 aromatic heterocycles. The van der Waals surface area contributed by atoms with Gasteiger partial charge in [-0.15, -0.1) is 0 Å². The smallest absolute Gasteiger partial charge is 0.237 e. The maximum Gasteiger partial charge on any atom is 0.237 e. The third-order valence-corrected chi connectivity index (χ3v) is 5.07. The average molecular weight is 407 g/mol. The number of pyridine rings is 1. The van der Waals surface area contributed by atoms with Crippen LogP contribution < -0.4 is 23.8 Å². The highest BCUT2D eigenvalue weighted by Crippen LogP contribution is 2.35. The molecule has 0 bridgehead atoms. The van der Waals surface area contributed by atoms with Gasteiger partial charge in [0.2, 0.25) is 5.88 Å². The van der Waals surface area contributed by atoms with E-state index in [2.05, 4.69) is 4.98 Å². The van der Waals surface area contributed by atoms with Gasteiger partial charge < -0.3 is 23.8 Å². The van der Waals surface area contributed by atoms with E-state index in [1.165, 1.54) is 0 Å². The van der Waals surface area contributed by atoms with E-state index in [0.717, 1.165) is 11.3 Å². The Morgan fingerprint density at radius 1 is 1.00 bits per heavy atom. The molecule has 2 rings (SSSR count). The predicted octanol–water partition coefficient (Wildman–Crippen LogP) is 3.10. The van der Waals surface area contributed by atoms with E-state index in [1.54, 1.807) is 58.3 Å². The second kappa shape index (κ2) is 9.98. The summed E-state index contributed by atoms with van der Waals surface area (Å²) in [5.41, 5.74) is 2.38. The topological polar surface area (TPSA) is 70.1 Å². The van der Waals surface area contributed by atoms with E-state index in [4.69, 9.17) is 18.9 Å². The summed E-state index contributed by atoms with van der Waals surface area (Å²) in [4.78, 5) is 6.19. The predicted molar refractivity (Wildman–Crippen MR) is 112 cm³/mol. The number of methoxy groups -OCH3 is 4. The highest BCUT2D eigenvalue weighted by Gasteiger charge is 2.12. The Labute approximate surface area is 168 Å². The van der Waals surface area contributed by atoms with Crippen LogP contribution >= 0.6 is 0 Å². The molecule has 0 amide bonds. The van der Waals surface area contributed by atoms with Gasteiger partial charge in [-0.25, -0.2) is 4.98 Å². The summed E-state index contributed by atoms with van der Waals surface area (Å²) in [6.45, 7) is 0. The Bertz CT molecular complexity index is 843. The molecule has 0 saturated carbocycles. The molecule has 7 nitrogen and oxygen atoms in total. The number of benzene rings is 1. The number of nitrogens with zero attached hydrogens (tertiary/aromatic N) is 2. The number of anilines is 1. The third kappa shape index (κ3) is 5.16. The highest BCUT2D eigenvalue weighted by molar-refractivity contribution is 7.87. The summed E-state index contributed by atoms with van der Waals surface area (Å²) in [7, 11) is 8.83. The van der Waals surface area contributed by atoms with Crippen LogP contribution in [0.1, 0.15) is 11.1 Å². The van der Waals surface area contributed by atoms with Crippen LogP contribution in [0.15, 0.2) is 29.8 Å². The molecule has 8 heteroatoms. The van der Waals surface area contributed by atoms with Gasteiger partial charge in [-0.2, -0.15) is 0 Å². The molecule has 0 radical (unpaired) electrons. The van der Waals surface area contributed by atoms with Crippen molar-refractivity contribution in [3.63, 3.8) is 0 Å². The summed E-state index contributed by atoms with van der Waals surface area (Å²) in [5.74, 6) is 2.63. The molecule has 1 heterocycles. The van der Waals surface area contributed by atoms with Crippen molar-refractivity contribution >= 4 is 22.6 Å². The fourth-order valence-corrected chi connectivity index (χ4v) is 3.46. The maximum atomic E-state index is 12.6. The molecule has 0 fully saturated rings. The van der Waals surface area contributed by atoms with Crippen LogP contribution in [0.5, 0.6) is 23.1 Å². The second-order valence-corrected chi connectivity index (χ2v) is 7.36. The lowest BCUT2D eigenvalue weighted by atomic mass is 10.1. The largest absolute Gasteiger partial charge is 0.496 e. The summed E-state index contributed by atoms with van der Waals surface area (Å²) in [6, 6.07) is 5.43. The van der Waals surface area contributed by atoms with Crippen LogP contribution in [0.4, 0.5) is 5.69 Å². The summed E-state index contributed by atoms with van der Waals surface area (Å²) >= 11 is 0. The number of ether oxygens (including phenoxy) is 4. The van der Waals surface area contributed by atoms with Crippen molar-refractivity contribution < 1.29 is 23.2 Å². The number of aromatic nitrogens is 1. The summed E-state index contributed by atoms with van der Waals surface area (Å²) in [5, 5.41) is 1.62. The molecule has 0 spiro atoms. The van der Waals surface area contributed by atoms with Crippen molar-refractivity contribution in [2.75, 3.05) is 47.4 Å². The van der Waals surface area contributed by atoms with Gasteiger partial charge in [0.1, 0.15) is 17.2 Å². The van der Waals surface area contributed by atoms with Gasteiger partial charge in [-0.3, -0.25) is 4.21 Å². The normalized spacial score (nSPS) is 11.9. The zero-order valence-corrected chi connectivity index (χ0v) is 17.8. The zero-order chi connectivity index (χ0) is 20.7. The van der Waals surface area contributed by atoms with Crippen molar-refractivity contribution in [1.29, 1.82) is 0 Å². The Hall–Kier alpha value is -2.74. The van der Waals surface area contributed by atoms with Gasteiger partial charge in [-0.1, -0.05) is 0 Å². The van der Waals surface area contributed by atoms with Crippen LogP contribution in [-0.4, -0.2) is 51.7 Å². The van der Waals surface area contributed by atoms with Crippen molar-refractivity contribution in [3.8, 4) is 23.1 Å². The van der Waals surface area contributed by atoms with Crippen LogP contribution in [0.2, 0.25) is 0 Å². The first-order chi connectivity index (χ1) is 13.4. The van der Waals surface area contributed by atoms with Crippen molar-refractivity contribution in [2.24, 2.45) is 0 Å². The minimum Gasteiger partial charge on any atom is -0.496 e. The first kappa shape index (κ1) is 21.6. The van der Waals surface area contributed by atoms with E-state index >= 15 is 0 Å². The molecule has 1 aromatic carbocycles. The average Bonchev–Trinajstić information content (AvgIpc) is 2.71. The standard InChI is InChI=1S/C20H26N2O5S/c1-22(2)17-9-14(12-21-20(17)27-6)13-28(23)8-7-16-18(25-4)10-15(24-3)11-19(16)26-5/h7-12H,13H2,1-6H3/b8-7+. The molecule has 0 aliphatic rings. The molecule has 0 N–H and O–H groups in total. The quantitative estimate of drug-likeness (QED) is 0.634. The number of hydrogen-bond donors (Lipinski definition) is 0. The van der Waals surface area contributed by atoms with E-state index < -0.39 is 10.8 Å². The van der Waals surface area contributed by atoms with Crippen molar-refractivity contribution in [1.82, 2.24) is 4.98 Å². The van der Waals surface area contributed by atoms with Crippen molar-refractivity contribution in [2.45, 2.75) is 5.75 Å². The van der Waals surface area contributed by atoms with Crippen LogP contribution in [-0.2, 0) is 16.6 Å². The fraction of sp³-hybridized carbons (Fsp3) is 0.350. The maximum absolute atomic E-state index is 12.6. The molecule has 0 saturated heterocycles. The minimum absolute atomic E-state index is 0.328. The Morgan fingerprint density at radius 3 is 2.14 bits per heavy atom. The van der Waals surface area contributed by atoms with Gasteiger partial charge in [0.25, 0.3) is 0 Å². The van der Waals surface area contributed by atoms with E-state index in [1.807, 2.05) is 25.1 Å². The highest BCUT2D eigenvalue weighted by atomic mass is 32.2. The Morgan fingerprint density at radius 2 is 1.64 bits per heavy atom. The molecular formula is C20H26N2O5S. The van der Waals surface area contributed by atoms with Gasteiger partial charge in [0.15, 0.2) is 0 Å². The van der Waals surface area contributed by atoms with Crippen LogP contribution in [0.3, 0.4) is 0 Å². The summed E-state index contributed by atoms with van der Waals surface area (Å²) < 4.78 is 33.9. The van der Waals surface area contributed by atoms with Crippen LogP contribution in [0.25, 0.3) is 6.08 Å². The van der Waals surface area contributed by atoms with E-state index in [-0.39, 0.29) is 0 Å². The Kier molecular flexibility index (Phi) is 7.69. The fourth-order valence-electron chi connectivity index (χ4n) is 2.59. The summed E-state index contributed by atoms with van der Waals surface area (Å²) in [6.07, 6.45) is 3.41. The van der Waals surface area contributed by atoms with Crippen LogP contribution in [0, 0.1) is 0 Å². The Balaban J connectivity index is 2.24. The third-order valence-electron chi connectivity index (χ3n) is 4.01. The monoisotopic (exact) mass is 406 g/mol. The lowest BCUT2D eigenvalue weighted by Gasteiger charge is -2.16. The lowest BCUT2D eigenvalue weighted by molar-refractivity contribution is 0.374. The minimum atomic E-state index is -1.25. The second-order valence-electron chi connectivity index (χ2n) is 6.04. The molecule has 0 aliphatic carbocycles. The van der Waals surface area contributed by atoms with E-state index in [9.17, 15) is 4.21 Å². The van der Waals surface area contributed by atoms with Crippen molar-refractivity contribution in [3.05, 3.63) is 40.9 Å². The van der Waals surface area contributed by atoms with E-state index in [0.29, 0.717) is 34.4 Å². The molecular weight excluding hydrogens is 380 g/mol. The lowest BCUT2D eigenvalue weighted by Crippen LogP contribution is -2.11. The first-order valence-corrected chi connectivity index (χ1v) is 9.87. The number of hydrogen-bond acceptors (Lipinski definition) is 7. The van der Waals surface area contributed by atoms with Gasteiger partial charge in [-0.05, 0) is 17.7 Å². The van der Waals surface area contributed by atoms with Gasteiger partial charge >= 0.3 is 0 Å². The first-order valence-electron chi connectivity index (χ1n) is 8.49. The molecule has 1 unspecified atom stereocenters.